The number of amides is 1. The second-order valence-electron chi connectivity index (χ2n) is 8.01. The van der Waals surface area contributed by atoms with Gasteiger partial charge in [0.15, 0.2) is 12.2 Å². The lowest BCUT2D eigenvalue weighted by Gasteiger charge is -2.24. The molecular formula is C23H25IN4O3. The van der Waals surface area contributed by atoms with Gasteiger partial charge in [0.25, 0.3) is 0 Å². The molecule has 0 fully saturated rings. The molecule has 8 heteroatoms. The van der Waals surface area contributed by atoms with Crippen molar-refractivity contribution in [3.8, 4) is 11.3 Å². The molecule has 1 aromatic heterocycles. The van der Waals surface area contributed by atoms with Crippen LogP contribution in [0.4, 0.5) is 10.5 Å². The van der Waals surface area contributed by atoms with E-state index in [2.05, 4.69) is 38.1 Å². The lowest BCUT2D eigenvalue weighted by atomic mass is 10.1. The summed E-state index contributed by atoms with van der Waals surface area (Å²) in [4.78, 5) is 17.6. The first-order valence-electron chi connectivity index (χ1n) is 9.72. The minimum atomic E-state index is -0.507. The molecular weight excluding hydrogens is 507 g/mol. The van der Waals surface area contributed by atoms with Crippen molar-refractivity contribution in [2.45, 2.75) is 32.9 Å². The van der Waals surface area contributed by atoms with E-state index in [0.29, 0.717) is 6.54 Å². The van der Waals surface area contributed by atoms with Crippen molar-refractivity contribution >= 4 is 40.6 Å². The minimum absolute atomic E-state index is 0.341. The van der Waals surface area contributed by atoms with Crippen LogP contribution in [0.3, 0.4) is 0 Å². The predicted octanol–water partition coefficient (Wildman–Crippen LogP) is 5.76. The Bertz CT molecular complexity index is 1040. The number of benzene rings is 2. The Hall–Kier alpha value is -2.88. The maximum Gasteiger partial charge on any atom is 0.410 e. The van der Waals surface area contributed by atoms with Gasteiger partial charge in [0.2, 0.25) is 0 Å². The van der Waals surface area contributed by atoms with Gasteiger partial charge in [-0.1, -0.05) is 24.3 Å². The molecule has 0 radical (unpaired) electrons. The number of ether oxygens (including phenoxy) is 1. The first-order chi connectivity index (χ1) is 14.7. The second-order valence-corrected chi connectivity index (χ2v) is 9.17. The number of nitrogens with one attached hydrogen (secondary N) is 1. The number of nitrogens with zero attached hydrogens (tertiary/aromatic N) is 3. The van der Waals surface area contributed by atoms with E-state index in [4.69, 9.17) is 9.15 Å². The quantitative estimate of drug-likeness (QED) is 0.248. The molecule has 0 aliphatic rings. The molecule has 0 aliphatic heterocycles. The summed E-state index contributed by atoms with van der Waals surface area (Å²) in [6.45, 7) is 6.03. The molecule has 0 saturated carbocycles. The SMILES string of the molecule is CN(Cc1ccc(C=NNc2ccc(-c3cnco3)c(I)c2)cc1)C(=O)OC(C)(C)C. The van der Waals surface area contributed by atoms with E-state index >= 15 is 0 Å². The number of hydrazone groups is 1. The van der Waals surface area contributed by atoms with Gasteiger partial charge < -0.3 is 14.1 Å². The Morgan fingerprint density at radius 1 is 1.26 bits per heavy atom. The Kier molecular flexibility index (Phi) is 7.32. The maximum atomic E-state index is 12.1. The Morgan fingerprint density at radius 3 is 2.61 bits per heavy atom. The molecule has 3 aromatic rings. The van der Waals surface area contributed by atoms with Crippen LogP contribution >= 0.6 is 22.6 Å². The summed E-state index contributed by atoms with van der Waals surface area (Å²) in [7, 11) is 1.72. The number of hydrogen-bond acceptors (Lipinski definition) is 6. The molecule has 0 atom stereocenters. The molecule has 7 nitrogen and oxygen atoms in total. The van der Waals surface area contributed by atoms with Crippen LogP contribution in [0.5, 0.6) is 0 Å². The predicted molar refractivity (Wildman–Crippen MR) is 130 cm³/mol. The lowest BCUT2D eigenvalue weighted by Crippen LogP contribution is -2.33. The zero-order valence-corrected chi connectivity index (χ0v) is 20.1. The normalized spacial score (nSPS) is 11.5. The van der Waals surface area contributed by atoms with Crippen LogP contribution in [-0.2, 0) is 11.3 Å². The summed E-state index contributed by atoms with van der Waals surface area (Å²) >= 11 is 2.26. The topological polar surface area (TPSA) is 80.0 Å². The molecule has 0 bridgehead atoms. The highest BCUT2D eigenvalue weighted by Gasteiger charge is 2.19. The molecule has 0 saturated heterocycles. The highest BCUT2D eigenvalue weighted by atomic mass is 127. The number of aromatic nitrogens is 1. The van der Waals surface area contributed by atoms with Gasteiger partial charge in [-0.15, -0.1) is 0 Å². The molecule has 3 rings (SSSR count). The van der Waals surface area contributed by atoms with Crippen molar-refractivity contribution in [2.24, 2.45) is 5.10 Å². The Morgan fingerprint density at radius 2 is 2.00 bits per heavy atom. The lowest BCUT2D eigenvalue weighted by molar-refractivity contribution is 0.0285. The molecule has 1 amide bonds. The van der Waals surface area contributed by atoms with Crippen molar-refractivity contribution in [3.05, 3.63) is 69.8 Å². The fourth-order valence-corrected chi connectivity index (χ4v) is 3.48. The van der Waals surface area contributed by atoms with Gasteiger partial charge in [0.05, 0.1) is 18.1 Å². The van der Waals surface area contributed by atoms with Crippen molar-refractivity contribution in [3.63, 3.8) is 0 Å². The van der Waals surface area contributed by atoms with E-state index in [1.807, 2.05) is 63.2 Å². The number of anilines is 1. The van der Waals surface area contributed by atoms with E-state index in [-0.39, 0.29) is 6.09 Å². The summed E-state index contributed by atoms with van der Waals surface area (Å²) in [6.07, 6.45) is 4.52. The van der Waals surface area contributed by atoms with Crippen LogP contribution < -0.4 is 5.43 Å². The molecule has 0 aliphatic carbocycles. The summed E-state index contributed by atoms with van der Waals surface area (Å²) in [6, 6.07) is 13.8. The van der Waals surface area contributed by atoms with E-state index in [0.717, 1.165) is 31.7 Å². The van der Waals surface area contributed by atoms with Crippen LogP contribution in [0, 0.1) is 3.57 Å². The van der Waals surface area contributed by atoms with E-state index in [9.17, 15) is 4.79 Å². The van der Waals surface area contributed by atoms with Gasteiger partial charge in [-0.25, -0.2) is 9.78 Å². The van der Waals surface area contributed by atoms with Crippen LogP contribution in [0.2, 0.25) is 0 Å². The number of hydrogen-bond donors (Lipinski definition) is 1. The largest absolute Gasteiger partial charge is 0.444 e. The Labute approximate surface area is 195 Å². The van der Waals surface area contributed by atoms with Crippen molar-refractivity contribution in [1.29, 1.82) is 0 Å². The standard InChI is InChI=1S/C23H25IN4O3/c1-23(2,3)31-22(29)28(4)14-17-7-5-16(6-8-17)12-26-27-18-9-10-19(20(24)11-18)21-13-25-15-30-21/h5-13,15,27H,14H2,1-4H3. The molecule has 0 unspecified atom stereocenters. The molecule has 31 heavy (non-hydrogen) atoms. The van der Waals surface area contributed by atoms with Gasteiger partial charge >= 0.3 is 6.09 Å². The highest BCUT2D eigenvalue weighted by Crippen LogP contribution is 2.27. The summed E-state index contributed by atoms with van der Waals surface area (Å²) in [5, 5.41) is 4.31. The zero-order valence-electron chi connectivity index (χ0n) is 17.9. The first-order valence-corrected chi connectivity index (χ1v) is 10.8. The fourth-order valence-electron chi connectivity index (χ4n) is 2.70. The van der Waals surface area contributed by atoms with Crippen LogP contribution in [0.15, 0.2) is 64.6 Å². The first kappa shape index (κ1) is 22.8. The molecule has 1 heterocycles. The van der Waals surface area contributed by atoms with Gasteiger partial charge in [-0.2, -0.15) is 5.10 Å². The number of rotatable bonds is 6. The molecule has 1 N–H and O–H groups in total. The van der Waals surface area contributed by atoms with Crippen molar-refractivity contribution in [1.82, 2.24) is 9.88 Å². The highest BCUT2D eigenvalue weighted by molar-refractivity contribution is 14.1. The third kappa shape index (κ3) is 6.81. The minimum Gasteiger partial charge on any atom is -0.444 e. The van der Waals surface area contributed by atoms with E-state index < -0.39 is 5.60 Å². The number of carbonyl (C=O) groups is 1. The third-order valence-electron chi connectivity index (χ3n) is 4.18. The number of oxazole rings is 1. The summed E-state index contributed by atoms with van der Waals surface area (Å²) < 4.78 is 11.8. The van der Waals surface area contributed by atoms with Crippen LogP contribution in [-0.4, -0.2) is 34.8 Å². The smallest absolute Gasteiger partial charge is 0.410 e. The Balaban J connectivity index is 1.55. The summed E-state index contributed by atoms with van der Waals surface area (Å²) in [5.74, 6) is 0.733. The maximum absolute atomic E-state index is 12.1. The van der Waals surface area contributed by atoms with Gasteiger partial charge in [0, 0.05) is 22.7 Å². The number of halogens is 1. The third-order valence-corrected chi connectivity index (χ3v) is 5.07. The van der Waals surface area contributed by atoms with Crippen LogP contribution in [0.1, 0.15) is 31.9 Å². The van der Waals surface area contributed by atoms with Gasteiger partial charge in [-0.05, 0) is 72.7 Å². The fraction of sp³-hybridized carbons (Fsp3) is 0.261. The summed E-state index contributed by atoms with van der Waals surface area (Å²) in [5.41, 5.74) is 6.35. The van der Waals surface area contributed by atoms with Crippen molar-refractivity contribution < 1.29 is 13.9 Å². The molecule has 2 aromatic carbocycles. The molecule has 0 spiro atoms. The average Bonchev–Trinajstić information content (AvgIpc) is 3.22. The van der Waals surface area contributed by atoms with Gasteiger partial charge in [-0.3, -0.25) is 5.43 Å². The van der Waals surface area contributed by atoms with Crippen LogP contribution in [0.25, 0.3) is 11.3 Å². The average molecular weight is 532 g/mol. The van der Waals surface area contributed by atoms with E-state index in [1.165, 1.54) is 6.39 Å². The monoisotopic (exact) mass is 532 g/mol. The van der Waals surface area contributed by atoms with E-state index in [1.54, 1.807) is 24.4 Å². The zero-order chi connectivity index (χ0) is 22.4. The number of carbonyl (C=O) groups excluding carboxylic acids is 1. The van der Waals surface area contributed by atoms with Crippen molar-refractivity contribution in [2.75, 3.05) is 12.5 Å². The second kappa shape index (κ2) is 9.95. The molecule has 162 valence electrons. The van der Waals surface area contributed by atoms with Gasteiger partial charge in [0.1, 0.15) is 5.60 Å².